The molecular formula is C35H42N2O7. The number of rotatable bonds is 13. The van der Waals surface area contributed by atoms with Gasteiger partial charge in [0.15, 0.2) is 23.0 Å². The Morgan fingerprint density at radius 1 is 0.909 bits per heavy atom. The number of carbonyl (C=O) groups excluding carboxylic acids is 1. The Kier molecular flexibility index (Phi) is 9.82. The van der Waals surface area contributed by atoms with Gasteiger partial charge in [0, 0.05) is 36.9 Å². The van der Waals surface area contributed by atoms with Gasteiger partial charge in [-0.25, -0.2) is 0 Å². The molecule has 9 nitrogen and oxygen atoms in total. The van der Waals surface area contributed by atoms with Crippen LogP contribution in [0.1, 0.15) is 55.5 Å². The smallest absolute Gasteiger partial charge is 0.256 e. The Labute approximate surface area is 259 Å². The summed E-state index contributed by atoms with van der Waals surface area (Å²) in [4.78, 5) is 19.8. The van der Waals surface area contributed by atoms with E-state index in [1.807, 2.05) is 54.4 Å². The molecule has 0 aromatic heterocycles. The van der Waals surface area contributed by atoms with Crippen LogP contribution in [-0.4, -0.2) is 63.6 Å². The molecule has 0 bridgehead atoms. The molecule has 2 aliphatic rings. The SMILES string of the molecule is CCCC(Oc1cc2c(cc1OC)C(=O)N1CCCC1C=N2)C(C)COc1ccc(C)c(Oc2ccc(OC)c(OC)c2)c1. The minimum Gasteiger partial charge on any atom is -0.493 e. The highest BCUT2D eigenvalue weighted by atomic mass is 16.5. The van der Waals surface area contributed by atoms with Crippen LogP contribution in [0.5, 0.6) is 40.2 Å². The van der Waals surface area contributed by atoms with Crippen molar-refractivity contribution in [2.75, 3.05) is 34.5 Å². The molecule has 1 amide bonds. The average Bonchev–Trinajstić information content (AvgIpc) is 3.47. The molecular weight excluding hydrogens is 560 g/mol. The average molecular weight is 603 g/mol. The van der Waals surface area contributed by atoms with E-state index in [0.717, 1.165) is 37.8 Å². The van der Waals surface area contributed by atoms with Gasteiger partial charge in [0.1, 0.15) is 23.4 Å². The molecule has 9 heteroatoms. The largest absolute Gasteiger partial charge is 0.493 e. The maximum atomic E-state index is 13.3. The van der Waals surface area contributed by atoms with Gasteiger partial charge in [-0.3, -0.25) is 9.79 Å². The first-order valence-electron chi connectivity index (χ1n) is 15.2. The lowest BCUT2D eigenvalue weighted by Crippen LogP contribution is -2.35. The second-order valence-corrected chi connectivity index (χ2v) is 11.3. The summed E-state index contributed by atoms with van der Waals surface area (Å²) >= 11 is 0. The Balaban J connectivity index is 1.29. The van der Waals surface area contributed by atoms with E-state index < -0.39 is 0 Å². The number of nitrogens with zero attached hydrogens (tertiary/aromatic N) is 2. The van der Waals surface area contributed by atoms with Crippen molar-refractivity contribution in [2.24, 2.45) is 10.9 Å². The molecule has 5 rings (SSSR count). The maximum Gasteiger partial charge on any atom is 0.256 e. The summed E-state index contributed by atoms with van der Waals surface area (Å²) in [6.45, 7) is 7.41. The van der Waals surface area contributed by atoms with Crippen molar-refractivity contribution in [1.29, 1.82) is 0 Å². The van der Waals surface area contributed by atoms with Crippen molar-refractivity contribution in [2.45, 2.75) is 58.6 Å². The predicted octanol–water partition coefficient (Wildman–Crippen LogP) is 7.40. The molecule has 1 saturated heterocycles. The van der Waals surface area contributed by atoms with Gasteiger partial charge >= 0.3 is 0 Å². The third-order valence-electron chi connectivity index (χ3n) is 8.20. The topological polar surface area (TPSA) is 88.1 Å². The van der Waals surface area contributed by atoms with Gasteiger partial charge in [-0.1, -0.05) is 26.3 Å². The van der Waals surface area contributed by atoms with Gasteiger partial charge in [-0.05, 0) is 56.0 Å². The van der Waals surface area contributed by atoms with Gasteiger partial charge < -0.3 is 33.3 Å². The van der Waals surface area contributed by atoms with Crippen molar-refractivity contribution in [3.63, 3.8) is 0 Å². The summed E-state index contributed by atoms with van der Waals surface area (Å²) in [5.74, 6) is 4.38. The molecule has 1 fully saturated rings. The number of fused-ring (bicyclic) bond motifs is 2. The van der Waals surface area contributed by atoms with Crippen molar-refractivity contribution in [3.05, 3.63) is 59.7 Å². The number of hydrogen-bond donors (Lipinski definition) is 0. The fraction of sp³-hybridized carbons (Fsp3) is 0.429. The third kappa shape index (κ3) is 6.72. The highest BCUT2D eigenvalue weighted by Crippen LogP contribution is 2.40. The first-order valence-corrected chi connectivity index (χ1v) is 15.2. The minimum atomic E-state index is -0.145. The Morgan fingerprint density at radius 3 is 2.39 bits per heavy atom. The van der Waals surface area contributed by atoms with Crippen LogP contribution in [0.3, 0.4) is 0 Å². The fourth-order valence-corrected chi connectivity index (χ4v) is 5.63. The predicted molar refractivity (Wildman–Crippen MR) is 170 cm³/mol. The highest BCUT2D eigenvalue weighted by molar-refractivity contribution is 6.03. The van der Waals surface area contributed by atoms with Crippen LogP contribution in [-0.2, 0) is 0 Å². The molecule has 3 aromatic rings. The number of aliphatic imine (C=N–C) groups is 1. The molecule has 0 radical (unpaired) electrons. The molecule has 0 N–H and O–H groups in total. The molecule has 234 valence electrons. The number of aryl methyl sites for hydroxylation is 1. The Morgan fingerprint density at radius 2 is 1.64 bits per heavy atom. The number of methoxy groups -OCH3 is 3. The van der Waals surface area contributed by atoms with E-state index in [-0.39, 0.29) is 24.0 Å². The summed E-state index contributed by atoms with van der Waals surface area (Å²) in [5, 5.41) is 0. The van der Waals surface area contributed by atoms with E-state index in [9.17, 15) is 4.79 Å². The van der Waals surface area contributed by atoms with E-state index in [1.165, 1.54) is 0 Å². The number of ether oxygens (including phenoxy) is 6. The van der Waals surface area contributed by atoms with E-state index in [0.29, 0.717) is 58.1 Å². The van der Waals surface area contributed by atoms with Crippen LogP contribution in [0.15, 0.2) is 53.5 Å². The summed E-state index contributed by atoms with van der Waals surface area (Å²) < 4.78 is 35.5. The van der Waals surface area contributed by atoms with Crippen LogP contribution in [0.25, 0.3) is 0 Å². The Bertz CT molecular complexity index is 1500. The third-order valence-corrected chi connectivity index (χ3v) is 8.20. The number of hydrogen-bond acceptors (Lipinski definition) is 8. The van der Waals surface area contributed by atoms with Crippen molar-refractivity contribution in [1.82, 2.24) is 4.90 Å². The second kappa shape index (κ2) is 13.9. The zero-order chi connectivity index (χ0) is 31.2. The summed E-state index contributed by atoms with van der Waals surface area (Å²) in [5.41, 5.74) is 2.13. The van der Waals surface area contributed by atoms with Crippen LogP contribution in [0.2, 0.25) is 0 Å². The molecule has 2 heterocycles. The molecule has 0 saturated carbocycles. The lowest BCUT2D eigenvalue weighted by atomic mass is 10.0. The van der Waals surface area contributed by atoms with Crippen LogP contribution in [0.4, 0.5) is 5.69 Å². The zero-order valence-electron chi connectivity index (χ0n) is 26.4. The van der Waals surface area contributed by atoms with E-state index in [4.69, 9.17) is 28.4 Å². The van der Waals surface area contributed by atoms with Crippen LogP contribution >= 0.6 is 0 Å². The zero-order valence-corrected chi connectivity index (χ0v) is 26.4. The van der Waals surface area contributed by atoms with E-state index >= 15 is 0 Å². The first-order chi connectivity index (χ1) is 21.3. The molecule has 2 aliphatic heterocycles. The van der Waals surface area contributed by atoms with Gasteiger partial charge in [-0.15, -0.1) is 0 Å². The second-order valence-electron chi connectivity index (χ2n) is 11.3. The summed E-state index contributed by atoms with van der Waals surface area (Å²) in [6.07, 6.45) is 5.42. The quantitative estimate of drug-likeness (QED) is 0.201. The Hall–Kier alpha value is -4.40. The van der Waals surface area contributed by atoms with E-state index in [2.05, 4.69) is 18.8 Å². The molecule has 0 spiro atoms. The fourth-order valence-electron chi connectivity index (χ4n) is 5.63. The number of benzene rings is 3. The van der Waals surface area contributed by atoms with Gasteiger partial charge in [-0.2, -0.15) is 0 Å². The highest BCUT2D eigenvalue weighted by Gasteiger charge is 2.33. The molecule has 3 unspecified atom stereocenters. The van der Waals surface area contributed by atoms with Crippen molar-refractivity contribution in [3.8, 4) is 40.2 Å². The summed E-state index contributed by atoms with van der Waals surface area (Å²) in [6, 6.07) is 14.9. The van der Waals surface area contributed by atoms with Crippen LogP contribution in [0, 0.1) is 12.8 Å². The van der Waals surface area contributed by atoms with Gasteiger partial charge in [0.2, 0.25) is 0 Å². The van der Waals surface area contributed by atoms with E-state index in [1.54, 1.807) is 33.5 Å². The molecule has 0 aliphatic carbocycles. The molecule has 3 atom stereocenters. The molecule has 44 heavy (non-hydrogen) atoms. The van der Waals surface area contributed by atoms with Gasteiger partial charge in [0.25, 0.3) is 5.91 Å². The van der Waals surface area contributed by atoms with Gasteiger partial charge in [0.05, 0.1) is 45.2 Å². The maximum absolute atomic E-state index is 13.3. The standard InChI is InChI=1S/C35H42N2O7/c1-7-9-29(44-34-19-28-27(18-33(34)41-6)35(38)37-15-8-10-24(37)20-36-28)23(3)21-42-25-12-11-22(2)31(16-25)43-26-13-14-30(39-4)32(17-26)40-5/h11-14,16-20,23-24,29H,7-10,15,21H2,1-6H3. The first kappa shape index (κ1) is 31.0. The van der Waals surface area contributed by atoms with Crippen molar-refractivity contribution >= 4 is 17.8 Å². The number of carbonyl (C=O) groups is 1. The molecule has 3 aromatic carbocycles. The minimum absolute atomic E-state index is 0.00991. The van der Waals surface area contributed by atoms with Crippen molar-refractivity contribution < 1.29 is 33.2 Å². The normalized spacial score (nSPS) is 16.8. The number of amides is 1. The summed E-state index contributed by atoms with van der Waals surface area (Å²) in [7, 11) is 4.79. The lowest BCUT2D eigenvalue weighted by molar-refractivity contribution is 0.0774. The lowest BCUT2D eigenvalue weighted by Gasteiger charge is -2.26. The van der Waals surface area contributed by atoms with Crippen LogP contribution < -0.4 is 28.4 Å². The monoisotopic (exact) mass is 602 g/mol.